The van der Waals surface area contributed by atoms with Gasteiger partial charge in [0.1, 0.15) is 12.4 Å². The molecule has 2 aliphatic rings. The van der Waals surface area contributed by atoms with Crippen LogP contribution >= 0.6 is 0 Å². The second-order valence-electron chi connectivity index (χ2n) is 5.24. The fourth-order valence-electron chi connectivity index (χ4n) is 3.06. The van der Waals surface area contributed by atoms with Gasteiger partial charge in [0.15, 0.2) is 0 Å². The molecule has 2 N–H and O–H groups in total. The van der Waals surface area contributed by atoms with Crippen LogP contribution in [0.1, 0.15) is 31.5 Å². The standard InChI is InChI=1S/C12H16N6/c13-7-10-15-8-16-11(18-10)17-9-5-12(6-9)1-3-14-4-2-12/h8-9,14H,1-6H2,(H,15,16,17,18). The monoisotopic (exact) mass is 244 g/mol. The van der Waals surface area contributed by atoms with Crippen LogP contribution in [0.5, 0.6) is 0 Å². The number of hydrogen-bond donors (Lipinski definition) is 2. The maximum Gasteiger partial charge on any atom is 0.236 e. The molecule has 6 heteroatoms. The Balaban J connectivity index is 1.57. The van der Waals surface area contributed by atoms with Gasteiger partial charge in [-0.1, -0.05) is 0 Å². The molecular weight excluding hydrogens is 228 g/mol. The van der Waals surface area contributed by atoms with Crippen LogP contribution in [0.25, 0.3) is 0 Å². The van der Waals surface area contributed by atoms with Crippen molar-refractivity contribution in [1.82, 2.24) is 20.3 Å². The van der Waals surface area contributed by atoms with Crippen LogP contribution in [0.15, 0.2) is 6.33 Å². The Labute approximate surface area is 106 Å². The van der Waals surface area contributed by atoms with Crippen LogP contribution in [-0.2, 0) is 0 Å². The minimum Gasteiger partial charge on any atom is -0.351 e. The fourth-order valence-corrected chi connectivity index (χ4v) is 3.06. The molecule has 94 valence electrons. The third kappa shape index (κ3) is 2.14. The van der Waals surface area contributed by atoms with Gasteiger partial charge in [0.25, 0.3) is 0 Å². The number of nitrogens with one attached hydrogen (secondary N) is 2. The molecule has 2 fully saturated rings. The van der Waals surface area contributed by atoms with E-state index < -0.39 is 0 Å². The van der Waals surface area contributed by atoms with Crippen LogP contribution in [0.2, 0.25) is 0 Å². The van der Waals surface area contributed by atoms with Crippen molar-refractivity contribution in [3.63, 3.8) is 0 Å². The van der Waals surface area contributed by atoms with Gasteiger partial charge in [0, 0.05) is 6.04 Å². The zero-order valence-electron chi connectivity index (χ0n) is 10.2. The zero-order chi connectivity index (χ0) is 12.4. The molecule has 0 atom stereocenters. The minimum atomic E-state index is 0.170. The number of aromatic nitrogens is 3. The largest absolute Gasteiger partial charge is 0.351 e. The molecule has 1 saturated carbocycles. The highest BCUT2D eigenvalue weighted by atomic mass is 15.2. The molecule has 0 aromatic carbocycles. The third-order valence-electron chi connectivity index (χ3n) is 4.03. The van der Waals surface area contributed by atoms with Gasteiger partial charge in [0.05, 0.1) is 0 Å². The van der Waals surface area contributed by atoms with Crippen LogP contribution in [0.3, 0.4) is 0 Å². The van der Waals surface area contributed by atoms with Crippen molar-refractivity contribution in [2.75, 3.05) is 18.4 Å². The highest BCUT2D eigenvalue weighted by molar-refractivity contribution is 5.29. The molecule has 1 aromatic rings. The normalized spacial score (nSPS) is 22.2. The highest BCUT2D eigenvalue weighted by Gasteiger charge is 2.44. The summed E-state index contributed by atoms with van der Waals surface area (Å²) in [6.45, 7) is 2.27. The molecule has 1 aliphatic heterocycles. The summed E-state index contributed by atoms with van der Waals surface area (Å²) < 4.78 is 0. The van der Waals surface area contributed by atoms with Gasteiger partial charge >= 0.3 is 0 Å². The van der Waals surface area contributed by atoms with Gasteiger partial charge in [-0.15, -0.1) is 0 Å². The first-order valence-electron chi connectivity index (χ1n) is 6.36. The van der Waals surface area contributed by atoms with Crippen molar-refractivity contribution >= 4 is 5.95 Å². The summed E-state index contributed by atoms with van der Waals surface area (Å²) >= 11 is 0. The predicted molar refractivity (Wildman–Crippen MR) is 65.7 cm³/mol. The van der Waals surface area contributed by atoms with E-state index in [9.17, 15) is 0 Å². The first-order chi connectivity index (χ1) is 8.80. The van der Waals surface area contributed by atoms with E-state index in [4.69, 9.17) is 5.26 Å². The average Bonchev–Trinajstić information content (AvgIpc) is 2.38. The predicted octanol–water partition coefficient (Wildman–Crippen LogP) is 0.687. The van der Waals surface area contributed by atoms with Crippen molar-refractivity contribution in [1.29, 1.82) is 5.26 Å². The Morgan fingerprint density at radius 1 is 1.33 bits per heavy atom. The molecule has 6 nitrogen and oxygen atoms in total. The summed E-state index contributed by atoms with van der Waals surface area (Å²) in [7, 11) is 0. The molecule has 1 aliphatic carbocycles. The SMILES string of the molecule is N#Cc1ncnc(NC2CC3(CCNCC3)C2)n1. The average molecular weight is 244 g/mol. The maximum absolute atomic E-state index is 8.73. The molecule has 1 saturated heterocycles. The second-order valence-corrected chi connectivity index (χ2v) is 5.24. The van der Waals surface area contributed by atoms with E-state index in [-0.39, 0.29) is 5.82 Å². The molecule has 0 amide bonds. The number of rotatable bonds is 2. The number of anilines is 1. The highest BCUT2D eigenvalue weighted by Crippen LogP contribution is 2.48. The van der Waals surface area contributed by atoms with Crippen LogP contribution in [0, 0.1) is 16.7 Å². The van der Waals surface area contributed by atoms with Crippen LogP contribution < -0.4 is 10.6 Å². The summed E-state index contributed by atoms with van der Waals surface area (Å²) in [5.74, 6) is 0.693. The van der Waals surface area contributed by atoms with Crippen molar-refractivity contribution in [2.24, 2.45) is 5.41 Å². The van der Waals surface area contributed by atoms with E-state index in [0.717, 1.165) is 13.1 Å². The third-order valence-corrected chi connectivity index (χ3v) is 4.03. The van der Waals surface area contributed by atoms with Gasteiger partial charge < -0.3 is 10.6 Å². The molecule has 1 aromatic heterocycles. The van der Waals surface area contributed by atoms with E-state index in [1.807, 2.05) is 6.07 Å². The van der Waals surface area contributed by atoms with Crippen molar-refractivity contribution in [3.8, 4) is 6.07 Å². The maximum atomic E-state index is 8.73. The lowest BCUT2D eigenvalue weighted by molar-refractivity contribution is 0.0715. The molecule has 0 unspecified atom stereocenters. The topological polar surface area (TPSA) is 86.5 Å². The number of hydrogen-bond acceptors (Lipinski definition) is 6. The van der Waals surface area contributed by atoms with Gasteiger partial charge in [-0.2, -0.15) is 10.2 Å². The lowest BCUT2D eigenvalue weighted by atomic mass is 9.60. The lowest BCUT2D eigenvalue weighted by Crippen LogP contribution is -2.50. The molecule has 1 spiro atoms. The Morgan fingerprint density at radius 3 is 2.83 bits per heavy atom. The Hall–Kier alpha value is -1.74. The summed E-state index contributed by atoms with van der Waals surface area (Å²) in [6, 6.07) is 2.36. The van der Waals surface area contributed by atoms with Gasteiger partial charge in [0.2, 0.25) is 11.8 Å². The lowest BCUT2D eigenvalue weighted by Gasteiger charge is -2.50. The summed E-state index contributed by atoms with van der Waals surface area (Å²) in [5, 5.41) is 15.4. The summed E-state index contributed by atoms with van der Waals surface area (Å²) in [4.78, 5) is 11.8. The quantitative estimate of drug-likeness (QED) is 0.796. The van der Waals surface area contributed by atoms with Crippen LogP contribution in [-0.4, -0.2) is 34.1 Å². The van der Waals surface area contributed by atoms with Crippen molar-refractivity contribution in [3.05, 3.63) is 12.2 Å². The smallest absolute Gasteiger partial charge is 0.236 e. The number of nitrogens with zero attached hydrogens (tertiary/aromatic N) is 4. The van der Waals surface area contributed by atoms with Gasteiger partial charge in [-0.05, 0) is 44.2 Å². The number of nitriles is 1. The minimum absolute atomic E-state index is 0.170. The fraction of sp³-hybridized carbons (Fsp3) is 0.667. The van der Waals surface area contributed by atoms with Crippen molar-refractivity contribution in [2.45, 2.75) is 31.7 Å². The Morgan fingerprint density at radius 2 is 2.11 bits per heavy atom. The Kier molecular flexibility index (Phi) is 2.84. The Bertz CT molecular complexity index is 466. The zero-order valence-corrected chi connectivity index (χ0v) is 10.2. The first kappa shape index (κ1) is 11.4. The number of piperidine rings is 1. The summed E-state index contributed by atoms with van der Waals surface area (Å²) in [5.41, 5.74) is 0.536. The molecule has 0 radical (unpaired) electrons. The van der Waals surface area contributed by atoms with Crippen molar-refractivity contribution < 1.29 is 0 Å². The van der Waals surface area contributed by atoms with E-state index >= 15 is 0 Å². The molecule has 2 heterocycles. The first-order valence-corrected chi connectivity index (χ1v) is 6.36. The molecular formula is C12H16N6. The van der Waals surface area contributed by atoms with Crippen LogP contribution in [0.4, 0.5) is 5.95 Å². The van der Waals surface area contributed by atoms with E-state index in [0.29, 0.717) is 17.4 Å². The van der Waals surface area contributed by atoms with E-state index in [1.54, 1.807) is 0 Å². The van der Waals surface area contributed by atoms with Gasteiger partial charge in [-0.25, -0.2) is 9.97 Å². The van der Waals surface area contributed by atoms with E-state index in [1.165, 1.54) is 32.0 Å². The molecule has 3 rings (SSSR count). The van der Waals surface area contributed by atoms with Gasteiger partial charge in [-0.3, -0.25) is 0 Å². The second kappa shape index (κ2) is 4.50. The summed E-state index contributed by atoms with van der Waals surface area (Å²) in [6.07, 6.45) is 6.29. The van der Waals surface area contributed by atoms with E-state index in [2.05, 4.69) is 25.6 Å². The molecule has 0 bridgehead atoms. The molecule has 18 heavy (non-hydrogen) atoms.